The molecule has 2 heterocycles. The normalized spacial score (nSPS) is 22.6. The van der Waals surface area contributed by atoms with Crippen LogP contribution in [0.15, 0.2) is 35.0 Å². The minimum absolute atomic E-state index is 0.548. The van der Waals surface area contributed by atoms with Crippen LogP contribution in [0.4, 0.5) is 0 Å². The standard InChI is InChI=1S/C16H15N3O/c1-10-8-17-15(20-10)19-14-6-11(2-3-12(14)9-18-19)13-7-16(13)4-5-16/h2-3,6,8-9,13H,4-5,7H2,1H3. The molecule has 0 saturated heterocycles. The van der Waals surface area contributed by atoms with E-state index in [-0.39, 0.29) is 0 Å². The van der Waals surface area contributed by atoms with Gasteiger partial charge < -0.3 is 4.42 Å². The fourth-order valence-electron chi connectivity index (χ4n) is 3.38. The van der Waals surface area contributed by atoms with E-state index in [9.17, 15) is 0 Å². The Hall–Kier alpha value is -2.10. The molecule has 3 aromatic rings. The van der Waals surface area contributed by atoms with Crippen molar-refractivity contribution in [3.8, 4) is 6.01 Å². The van der Waals surface area contributed by atoms with Gasteiger partial charge in [-0.05, 0) is 49.1 Å². The number of hydrogen-bond donors (Lipinski definition) is 0. The lowest BCUT2D eigenvalue weighted by atomic mass is 10.1. The van der Waals surface area contributed by atoms with Crippen LogP contribution in [0.25, 0.3) is 16.9 Å². The molecule has 0 aliphatic heterocycles. The van der Waals surface area contributed by atoms with Crippen molar-refractivity contribution in [3.63, 3.8) is 0 Å². The van der Waals surface area contributed by atoms with Crippen molar-refractivity contribution in [2.45, 2.75) is 32.1 Å². The molecule has 2 aromatic heterocycles. The Balaban J connectivity index is 1.65. The highest BCUT2D eigenvalue weighted by Crippen LogP contribution is 2.75. The molecule has 100 valence electrons. The number of fused-ring (bicyclic) bond motifs is 1. The SMILES string of the molecule is Cc1cnc(-n2ncc3ccc(C4CC45CC5)cc32)o1. The van der Waals surface area contributed by atoms with E-state index in [0.717, 1.165) is 22.6 Å². The summed E-state index contributed by atoms with van der Waals surface area (Å²) in [6.45, 7) is 1.90. The number of oxazole rings is 1. The maximum absolute atomic E-state index is 5.59. The van der Waals surface area contributed by atoms with Gasteiger partial charge in [0.1, 0.15) is 5.76 Å². The third-order valence-electron chi connectivity index (χ3n) is 4.87. The molecule has 2 saturated carbocycles. The second-order valence-corrected chi connectivity index (χ2v) is 6.25. The zero-order valence-electron chi connectivity index (χ0n) is 11.3. The number of nitrogens with zero attached hydrogens (tertiary/aromatic N) is 3. The third-order valence-corrected chi connectivity index (χ3v) is 4.87. The van der Waals surface area contributed by atoms with Gasteiger partial charge in [-0.2, -0.15) is 14.8 Å². The van der Waals surface area contributed by atoms with Gasteiger partial charge in [-0.15, -0.1) is 0 Å². The van der Waals surface area contributed by atoms with Gasteiger partial charge in [-0.1, -0.05) is 12.1 Å². The molecule has 1 aromatic carbocycles. The predicted octanol–water partition coefficient (Wildman–Crippen LogP) is 3.59. The first kappa shape index (κ1) is 10.7. The van der Waals surface area contributed by atoms with E-state index in [1.807, 2.05) is 13.1 Å². The van der Waals surface area contributed by atoms with E-state index < -0.39 is 0 Å². The average molecular weight is 265 g/mol. The summed E-state index contributed by atoms with van der Waals surface area (Å²) in [5.41, 5.74) is 3.21. The maximum atomic E-state index is 5.59. The largest absolute Gasteiger partial charge is 0.427 e. The lowest BCUT2D eigenvalue weighted by molar-refractivity contribution is 0.491. The summed E-state index contributed by atoms with van der Waals surface area (Å²) in [5.74, 6) is 1.57. The Labute approximate surface area is 116 Å². The van der Waals surface area contributed by atoms with Crippen LogP contribution in [-0.4, -0.2) is 14.8 Å². The number of hydrogen-bond acceptors (Lipinski definition) is 3. The van der Waals surface area contributed by atoms with Crippen molar-refractivity contribution in [1.82, 2.24) is 14.8 Å². The maximum Gasteiger partial charge on any atom is 0.323 e. The molecule has 0 radical (unpaired) electrons. The van der Waals surface area contributed by atoms with Gasteiger partial charge >= 0.3 is 6.01 Å². The number of aromatic nitrogens is 3. The summed E-state index contributed by atoms with van der Waals surface area (Å²) in [4.78, 5) is 4.27. The van der Waals surface area contributed by atoms with Gasteiger partial charge in [-0.25, -0.2) is 0 Å². The van der Waals surface area contributed by atoms with E-state index in [2.05, 4.69) is 28.3 Å². The zero-order chi connectivity index (χ0) is 13.3. The quantitative estimate of drug-likeness (QED) is 0.711. The molecule has 0 amide bonds. The van der Waals surface area contributed by atoms with Gasteiger partial charge in [0.15, 0.2) is 0 Å². The number of aryl methyl sites for hydroxylation is 1. The summed E-state index contributed by atoms with van der Waals surface area (Å²) in [6.07, 6.45) is 7.79. The van der Waals surface area contributed by atoms with E-state index in [0.29, 0.717) is 11.4 Å². The zero-order valence-corrected chi connectivity index (χ0v) is 11.3. The summed E-state index contributed by atoms with van der Waals surface area (Å²) in [5, 5.41) is 5.55. The Kier molecular flexibility index (Phi) is 1.77. The Morgan fingerprint density at radius 2 is 2.20 bits per heavy atom. The molecule has 2 fully saturated rings. The lowest BCUT2D eigenvalue weighted by Gasteiger charge is -2.02. The first-order chi connectivity index (χ1) is 9.75. The van der Waals surface area contributed by atoms with Crippen LogP contribution < -0.4 is 0 Å². The van der Waals surface area contributed by atoms with E-state index in [1.54, 1.807) is 10.9 Å². The Morgan fingerprint density at radius 1 is 1.30 bits per heavy atom. The van der Waals surface area contributed by atoms with Crippen molar-refractivity contribution in [1.29, 1.82) is 0 Å². The first-order valence-corrected chi connectivity index (χ1v) is 7.16. The highest BCUT2D eigenvalue weighted by Gasteiger charge is 2.62. The molecule has 5 rings (SSSR count). The summed E-state index contributed by atoms with van der Waals surface area (Å²) in [6, 6.07) is 7.23. The molecular weight excluding hydrogens is 250 g/mol. The molecule has 2 aliphatic carbocycles. The third kappa shape index (κ3) is 1.36. The fraction of sp³-hybridized carbons (Fsp3) is 0.375. The molecule has 1 spiro atoms. The second-order valence-electron chi connectivity index (χ2n) is 6.25. The average Bonchev–Trinajstić information content (AvgIpc) is 3.28. The first-order valence-electron chi connectivity index (χ1n) is 7.16. The van der Waals surface area contributed by atoms with Crippen molar-refractivity contribution in [3.05, 3.63) is 41.9 Å². The summed E-state index contributed by atoms with van der Waals surface area (Å²) >= 11 is 0. The minimum Gasteiger partial charge on any atom is -0.427 e. The molecule has 20 heavy (non-hydrogen) atoms. The van der Waals surface area contributed by atoms with Crippen molar-refractivity contribution in [2.75, 3.05) is 0 Å². The topological polar surface area (TPSA) is 43.9 Å². The van der Waals surface area contributed by atoms with Crippen LogP contribution in [0.1, 0.15) is 36.5 Å². The number of rotatable bonds is 2. The van der Waals surface area contributed by atoms with Gasteiger partial charge in [-0.3, -0.25) is 0 Å². The smallest absolute Gasteiger partial charge is 0.323 e. The van der Waals surface area contributed by atoms with Gasteiger partial charge in [0.05, 0.1) is 17.9 Å². The summed E-state index contributed by atoms with van der Waals surface area (Å²) < 4.78 is 7.39. The van der Waals surface area contributed by atoms with Gasteiger partial charge in [0, 0.05) is 5.39 Å². The predicted molar refractivity (Wildman–Crippen MR) is 74.9 cm³/mol. The molecule has 4 nitrogen and oxygen atoms in total. The molecule has 1 atom stereocenters. The second kappa shape index (κ2) is 3.32. The van der Waals surface area contributed by atoms with Crippen molar-refractivity contribution < 1.29 is 4.42 Å². The molecule has 4 heteroatoms. The Morgan fingerprint density at radius 3 is 2.90 bits per heavy atom. The number of benzene rings is 1. The summed E-state index contributed by atoms with van der Waals surface area (Å²) in [7, 11) is 0. The van der Waals surface area contributed by atoms with Crippen LogP contribution in [0.2, 0.25) is 0 Å². The molecule has 0 N–H and O–H groups in total. The molecule has 0 bridgehead atoms. The van der Waals surface area contributed by atoms with Crippen LogP contribution in [0.5, 0.6) is 0 Å². The monoisotopic (exact) mass is 265 g/mol. The van der Waals surface area contributed by atoms with Crippen LogP contribution in [-0.2, 0) is 0 Å². The Bertz CT molecular complexity index is 825. The lowest BCUT2D eigenvalue weighted by Crippen LogP contribution is -1.96. The molecular formula is C16H15N3O. The van der Waals surface area contributed by atoms with Crippen molar-refractivity contribution in [2.24, 2.45) is 5.41 Å². The van der Waals surface area contributed by atoms with Crippen LogP contribution in [0.3, 0.4) is 0 Å². The van der Waals surface area contributed by atoms with Crippen LogP contribution in [0, 0.1) is 12.3 Å². The van der Waals surface area contributed by atoms with E-state index >= 15 is 0 Å². The van der Waals surface area contributed by atoms with Gasteiger partial charge in [0.25, 0.3) is 0 Å². The fourth-order valence-corrected chi connectivity index (χ4v) is 3.38. The molecule has 1 unspecified atom stereocenters. The van der Waals surface area contributed by atoms with Crippen LogP contribution >= 0.6 is 0 Å². The van der Waals surface area contributed by atoms with Crippen molar-refractivity contribution >= 4 is 10.9 Å². The molecule has 2 aliphatic rings. The van der Waals surface area contributed by atoms with E-state index in [4.69, 9.17) is 4.42 Å². The highest BCUT2D eigenvalue weighted by molar-refractivity contribution is 5.80. The highest BCUT2D eigenvalue weighted by atomic mass is 16.4. The van der Waals surface area contributed by atoms with Gasteiger partial charge in [0.2, 0.25) is 0 Å². The minimum atomic E-state index is 0.548. The van der Waals surface area contributed by atoms with E-state index in [1.165, 1.54) is 24.8 Å².